The van der Waals surface area contributed by atoms with Crippen LogP contribution in [0.4, 0.5) is 0 Å². The van der Waals surface area contributed by atoms with Crippen LogP contribution in [0.3, 0.4) is 0 Å². The van der Waals surface area contributed by atoms with E-state index < -0.39 is 0 Å². The minimum Gasteiger partial charge on any atom is -0.383 e. The molecule has 0 bridgehead atoms. The zero-order valence-electron chi connectivity index (χ0n) is 16.4. The van der Waals surface area contributed by atoms with Crippen molar-refractivity contribution in [1.82, 2.24) is 16.0 Å². The van der Waals surface area contributed by atoms with Crippen molar-refractivity contribution in [2.45, 2.75) is 38.0 Å². The number of halogens is 1. The van der Waals surface area contributed by atoms with E-state index >= 15 is 0 Å². The summed E-state index contributed by atoms with van der Waals surface area (Å²) in [5.41, 5.74) is 1.54. The topological polar surface area (TPSA) is 74.8 Å². The van der Waals surface area contributed by atoms with Gasteiger partial charge in [-0.3, -0.25) is 4.79 Å². The number of methoxy groups -OCH3 is 1. The lowest BCUT2D eigenvalue weighted by molar-refractivity contribution is -0.119. The molecule has 1 aromatic carbocycles. The Kier molecular flexibility index (Phi) is 11.3. The van der Waals surface area contributed by atoms with E-state index in [-0.39, 0.29) is 41.8 Å². The van der Waals surface area contributed by atoms with Crippen LogP contribution >= 0.6 is 24.0 Å². The third-order valence-electron chi connectivity index (χ3n) is 4.89. The molecular formula is C20H33IN4O2. The van der Waals surface area contributed by atoms with Crippen LogP contribution in [-0.2, 0) is 14.9 Å². The quantitative estimate of drug-likeness (QED) is 0.216. The summed E-state index contributed by atoms with van der Waals surface area (Å²) in [5, 5.41) is 9.48. The second-order valence-corrected chi connectivity index (χ2v) is 6.74. The number of hydrogen-bond donors (Lipinski definition) is 3. The first-order chi connectivity index (χ1) is 12.7. The molecule has 2 rings (SSSR count). The van der Waals surface area contributed by atoms with Gasteiger partial charge >= 0.3 is 0 Å². The predicted octanol–water partition coefficient (Wildman–Crippen LogP) is 2.43. The zero-order chi connectivity index (χ0) is 18.7. The summed E-state index contributed by atoms with van der Waals surface area (Å²) in [6.45, 7) is 4.73. The van der Waals surface area contributed by atoms with Crippen molar-refractivity contribution in [1.29, 1.82) is 0 Å². The Morgan fingerprint density at radius 3 is 2.48 bits per heavy atom. The fourth-order valence-corrected chi connectivity index (χ4v) is 3.50. The SMILES string of the molecule is CCNC(=NCC(=O)NCCOC)NCC1(c2ccccc2)CCCC1.I. The van der Waals surface area contributed by atoms with Crippen molar-refractivity contribution < 1.29 is 9.53 Å². The molecule has 0 aromatic heterocycles. The maximum Gasteiger partial charge on any atom is 0.241 e. The molecular weight excluding hydrogens is 455 g/mol. The van der Waals surface area contributed by atoms with Crippen molar-refractivity contribution in [2.75, 3.05) is 39.9 Å². The number of benzene rings is 1. The molecule has 1 aliphatic carbocycles. The van der Waals surface area contributed by atoms with Gasteiger partial charge in [-0.15, -0.1) is 24.0 Å². The fourth-order valence-electron chi connectivity index (χ4n) is 3.50. The third-order valence-corrected chi connectivity index (χ3v) is 4.89. The molecule has 152 valence electrons. The van der Waals surface area contributed by atoms with Crippen molar-refractivity contribution in [3.8, 4) is 0 Å². The average molecular weight is 488 g/mol. The first-order valence-electron chi connectivity index (χ1n) is 9.53. The van der Waals surface area contributed by atoms with Crippen molar-refractivity contribution >= 4 is 35.8 Å². The number of ether oxygens (including phenoxy) is 1. The van der Waals surface area contributed by atoms with E-state index in [0.717, 1.165) is 13.1 Å². The largest absolute Gasteiger partial charge is 0.383 e. The molecule has 0 aliphatic heterocycles. The lowest BCUT2D eigenvalue weighted by Crippen LogP contribution is -2.45. The highest BCUT2D eigenvalue weighted by molar-refractivity contribution is 14.0. The summed E-state index contributed by atoms with van der Waals surface area (Å²) in [4.78, 5) is 16.3. The maximum atomic E-state index is 11.8. The van der Waals surface area contributed by atoms with Crippen LogP contribution in [0.5, 0.6) is 0 Å². The van der Waals surface area contributed by atoms with Gasteiger partial charge in [0.15, 0.2) is 5.96 Å². The van der Waals surface area contributed by atoms with E-state index in [4.69, 9.17) is 4.74 Å². The number of carbonyl (C=O) groups is 1. The van der Waals surface area contributed by atoms with Gasteiger partial charge in [-0.05, 0) is 25.3 Å². The predicted molar refractivity (Wildman–Crippen MR) is 121 cm³/mol. The summed E-state index contributed by atoms with van der Waals surface area (Å²) < 4.78 is 4.93. The van der Waals surface area contributed by atoms with E-state index in [1.165, 1.54) is 31.2 Å². The Hall–Kier alpha value is -1.35. The molecule has 1 saturated carbocycles. The molecule has 0 unspecified atom stereocenters. The number of rotatable bonds is 9. The third kappa shape index (κ3) is 7.65. The van der Waals surface area contributed by atoms with Gasteiger partial charge in [0.25, 0.3) is 0 Å². The van der Waals surface area contributed by atoms with Gasteiger partial charge in [0.2, 0.25) is 5.91 Å². The molecule has 6 nitrogen and oxygen atoms in total. The summed E-state index contributed by atoms with van der Waals surface area (Å²) in [7, 11) is 1.61. The minimum atomic E-state index is -0.0992. The Bertz CT molecular complexity index is 575. The lowest BCUT2D eigenvalue weighted by atomic mass is 9.79. The Labute approximate surface area is 179 Å². The molecule has 1 amide bonds. The van der Waals surface area contributed by atoms with Crippen LogP contribution in [0.2, 0.25) is 0 Å². The molecule has 1 aliphatic rings. The van der Waals surface area contributed by atoms with Gasteiger partial charge in [-0.2, -0.15) is 0 Å². The molecule has 0 atom stereocenters. The number of aliphatic imine (C=N–C) groups is 1. The monoisotopic (exact) mass is 488 g/mol. The van der Waals surface area contributed by atoms with Crippen molar-refractivity contribution in [3.63, 3.8) is 0 Å². The highest BCUT2D eigenvalue weighted by Gasteiger charge is 2.35. The van der Waals surface area contributed by atoms with E-state index in [9.17, 15) is 4.79 Å². The standard InChI is InChI=1S/C20H32N4O2.HI/c1-3-21-19(23-15-18(25)22-13-14-26-2)24-16-20(11-7-8-12-20)17-9-5-4-6-10-17;/h4-6,9-10H,3,7-8,11-16H2,1-2H3,(H,22,25)(H2,21,23,24);1H. The Balaban J connectivity index is 0.00000364. The van der Waals surface area contributed by atoms with Gasteiger partial charge < -0.3 is 20.7 Å². The number of amides is 1. The lowest BCUT2D eigenvalue weighted by Gasteiger charge is -2.30. The zero-order valence-corrected chi connectivity index (χ0v) is 18.8. The van der Waals surface area contributed by atoms with Crippen LogP contribution in [0.15, 0.2) is 35.3 Å². The fraction of sp³-hybridized carbons (Fsp3) is 0.600. The van der Waals surface area contributed by atoms with Gasteiger partial charge in [0.1, 0.15) is 6.54 Å². The molecule has 27 heavy (non-hydrogen) atoms. The van der Waals surface area contributed by atoms with Gasteiger partial charge in [-0.1, -0.05) is 43.2 Å². The average Bonchev–Trinajstić information content (AvgIpc) is 3.15. The summed E-state index contributed by atoms with van der Waals surface area (Å²) in [6, 6.07) is 10.7. The second kappa shape index (κ2) is 12.9. The van der Waals surface area contributed by atoms with Crippen LogP contribution in [0.1, 0.15) is 38.2 Å². The molecule has 7 heteroatoms. The van der Waals surface area contributed by atoms with E-state index in [1.807, 2.05) is 6.92 Å². The van der Waals surface area contributed by atoms with E-state index in [1.54, 1.807) is 7.11 Å². The minimum absolute atomic E-state index is 0. The van der Waals surface area contributed by atoms with Gasteiger partial charge in [0.05, 0.1) is 6.61 Å². The van der Waals surface area contributed by atoms with Crippen LogP contribution < -0.4 is 16.0 Å². The van der Waals surface area contributed by atoms with E-state index in [0.29, 0.717) is 19.1 Å². The summed E-state index contributed by atoms with van der Waals surface area (Å²) in [5.74, 6) is 0.592. The first kappa shape index (κ1) is 23.7. The van der Waals surface area contributed by atoms with Crippen LogP contribution in [0, 0.1) is 0 Å². The molecule has 0 radical (unpaired) electrons. The summed E-state index contributed by atoms with van der Waals surface area (Å²) in [6.07, 6.45) is 4.88. The molecule has 0 saturated heterocycles. The van der Waals surface area contributed by atoms with Crippen LogP contribution in [-0.4, -0.2) is 51.8 Å². The molecule has 1 fully saturated rings. The smallest absolute Gasteiger partial charge is 0.241 e. The molecule has 0 spiro atoms. The Morgan fingerprint density at radius 2 is 1.85 bits per heavy atom. The van der Waals surface area contributed by atoms with Crippen LogP contribution in [0.25, 0.3) is 0 Å². The van der Waals surface area contributed by atoms with Crippen molar-refractivity contribution in [3.05, 3.63) is 35.9 Å². The normalized spacial score (nSPS) is 15.7. The summed E-state index contributed by atoms with van der Waals surface area (Å²) >= 11 is 0. The van der Waals surface area contributed by atoms with Gasteiger partial charge in [-0.25, -0.2) is 4.99 Å². The number of nitrogens with zero attached hydrogens (tertiary/aromatic N) is 1. The first-order valence-corrected chi connectivity index (χ1v) is 9.53. The number of guanidine groups is 1. The number of hydrogen-bond acceptors (Lipinski definition) is 3. The van der Waals surface area contributed by atoms with Gasteiger partial charge in [0, 0.05) is 32.2 Å². The van der Waals surface area contributed by atoms with E-state index in [2.05, 4.69) is 51.3 Å². The molecule has 0 heterocycles. The Morgan fingerprint density at radius 1 is 1.15 bits per heavy atom. The molecule has 3 N–H and O–H groups in total. The van der Waals surface area contributed by atoms with Crippen molar-refractivity contribution in [2.24, 2.45) is 4.99 Å². The number of nitrogens with one attached hydrogen (secondary N) is 3. The maximum absolute atomic E-state index is 11.8. The highest BCUT2D eigenvalue weighted by atomic mass is 127. The highest BCUT2D eigenvalue weighted by Crippen LogP contribution is 2.40. The number of carbonyl (C=O) groups excluding carboxylic acids is 1. The second-order valence-electron chi connectivity index (χ2n) is 6.74. The molecule has 1 aromatic rings.